The number of ether oxygens (including phenoxy) is 1. The van der Waals surface area contributed by atoms with Crippen molar-refractivity contribution in [1.82, 2.24) is 24.3 Å². The monoisotopic (exact) mass is 520 g/mol. The summed E-state index contributed by atoms with van der Waals surface area (Å²) >= 11 is 0. The third-order valence-corrected chi connectivity index (χ3v) is 7.68. The molecule has 2 aliphatic heterocycles. The fourth-order valence-corrected chi connectivity index (χ4v) is 5.63. The average molecular weight is 521 g/mol. The van der Waals surface area contributed by atoms with Crippen molar-refractivity contribution in [2.45, 2.75) is 58.2 Å². The number of fused-ring (bicyclic) bond motifs is 3. The molecule has 2 amide bonds. The number of hydrogen-bond donors (Lipinski definition) is 1. The van der Waals surface area contributed by atoms with E-state index in [9.17, 15) is 14.4 Å². The van der Waals surface area contributed by atoms with E-state index in [-0.39, 0.29) is 23.6 Å². The summed E-state index contributed by atoms with van der Waals surface area (Å²) in [5.41, 5.74) is 3.81. The van der Waals surface area contributed by atoms with Gasteiger partial charge in [-0.2, -0.15) is 0 Å². The van der Waals surface area contributed by atoms with Gasteiger partial charge in [0, 0.05) is 76.0 Å². The minimum Gasteiger partial charge on any atom is -0.452 e. The minimum atomic E-state index is -0.360. The Balaban J connectivity index is 1.40. The number of methoxy groups -OCH3 is 1. The lowest BCUT2D eigenvalue weighted by Gasteiger charge is -2.34. The molecule has 4 heterocycles. The van der Waals surface area contributed by atoms with E-state index in [0.29, 0.717) is 25.9 Å². The smallest absolute Gasteiger partial charge is 0.414 e. The van der Waals surface area contributed by atoms with Crippen molar-refractivity contribution in [3.8, 4) is 0 Å². The molecule has 1 atom stereocenters. The summed E-state index contributed by atoms with van der Waals surface area (Å²) in [7, 11) is 1.41. The SMILES string of the molecule is COC(=O)N1c2ccc3c(nc(CCn4ccccc4=O)n3CCNCCN3CCCC3=O)c2CC[C@@H]1C. The molecule has 5 rings (SSSR count). The molecule has 0 radical (unpaired) electrons. The van der Waals surface area contributed by atoms with Gasteiger partial charge >= 0.3 is 6.09 Å². The predicted octanol–water partition coefficient (Wildman–Crippen LogP) is 2.56. The number of aryl methyl sites for hydroxylation is 3. The van der Waals surface area contributed by atoms with Crippen molar-refractivity contribution in [2.75, 3.05) is 38.2 Å². The first-order valence-electron chi connectivity index (χ1n) is 13.5. The summed E-state index contributed by atoms with van der Waals surface area (Å²) < 4.78 is 8.99. The number of nitrogens with one attached hydrogen (secondary N) is 1. The number of pyridine rings is 1. The highest BCUT2D eigenvalue weighted by Gasteiger charge is 2.31. The maximum absolute atomic E-state index is 12.6. The lowest BCUT2D eigenvalue weighted by Crippen LogP contribution is -2.42. The molecule has 202 valence electrons. The third kappa shape index (κ3) is 5.18. The van der Waals surface area contributed by atoms with Crippen LogP contribution in [0.15, 0.2) is 41.3 Å². The summed E-state index contributed by atoms with van der Waals surface area (Å²) in [4.78, 5) is 45.4. The third-order valence-electron chi connectivity index (χ3n) is 7.68. The topological polar surface area (TPSA) is 102 Å². The molecule has 3 aromatic rings. The Bertz CT molecular complexity index is 1380. The Kier molecular flexibility index (Phi) is 7.78. The van der Waals surface area contributed by atoms with Crippen molar-refractivity contribution in [3.05, 3.63) is 58.3 Å². The number of benzene rings is 1. The zero-order chi connectivity index (χ0) is 26.6. The molecule has 1 saturated heterocycles. The Morgan fingerprint density at radius 1 is 1.11 bits per heavy atom. The van der Waals surface area contributed by atoms with Crippen LogP contribution in [0.5, 0.6) is 0 Å². The number of aromatic nitrogens is 3. The van der Waals surface area contributed by atoms with E-state index in [1.807, 2.05) is 30.0 Å². The van der Waals surface area contributed by atoms with E-state index >= 15 is 0 Å². The second kappa shape index (κ2) is 11.4. The molecular weight excluding hydrogens is 484 g/mol. The van der Waals surface area contributed by atoms with Gasteiger partial charge in [-0.1, -0.05) is 6.07 Å². The first-order valence-corrected chi connectivity index (χ1v) is 13.5. The largest absolute Gasteiger partial charge is 0.452 e. The Morgan fingerprint density at radius 2 is 1.95 bits per heavy atom. The van der Waals surface area contributed by atoms with Gasteiger partial charge in [0.2, 0.25) is 5.91 Å². The molecule has 10 nitrogen and oxygen atoms in total. The van der Waals surface area contributed by atoms with Crippen LogP contribution in [0.2, 0.25) is 0 Å². The van der Waals surface area contributed by atoms with Gasteiger partial charge < -0.3 is 24.1 Å². The quantitative estimate of drug-likeness (QED) is 0.435. The Labute approximate surface area is 222 Å². The van der Waals surface area contributed by atoms with Crippen molar-refractivity contribution in [2.24, 2.45) is 0 Å². The molecule has 10 heteroatoms. The van der Waals surface area contributed by atoms with E-state index in [2.05, 4.69) is 9.88 Å². The van der Waals surface area contributed by atoms with Gasteiger partial charge in [0.1, 0.15) is 5.82 Å². The van der Waals surface area contributed by atoms with Crippen LogP contribution in [0.1, 0.15) is 37.6 Å². The van der Waals surface area contributed by atoms with E-state index < -0.39 is 0 Å². The highest BCUT2D eigenvalue weighted by molar-refractivity contribution is 5.95. The lowest BCUT2D eigenvalue weighted by molar-refractivity contribution is -0.127. The van der Waals surface area contributed by atoms with Crippen LogP contribution in [0.3, 0.4) is 0 Å². The van der Waals surface area contributed by atoms with E-state index in [0.717, 1.165) is 73.6 Å². The zero-order valence-corrected chi connectivity index (χ0v) is 22.2. The van der Waals surface area contributed by atoms with E-state index in [1.54, 1.807) is 27.8 Å². The van der Waals surface area contributed by atoms with Crippen LogP contribution in [0.4, 0.5) is 10.5 Å². The molecule has 0 bridgehead atoms. The van der Waals surface area contributed by atoms with Crippen LogP contribution in [0.25, 0.3) is 11.0 Å². The van der Waals surface area contributed by atoms with Gasteiger partial charge in [0.05, 0.1) is 23.8 Å². The summed E-state index contributed by atoms with van der Waals surface area (Å²) in [5.74, 6) is 1.15. The molecule has 0 spiro atoms. The average Bonchev–Trinajstić information content (AvgIpc) is 3.50. The normalized spacial score (nSPS) is 17.3. The molecule has 2 aliphatic rings. The van der Waals surface area contributed by atoms with Gasteiger partial charge in [-0.05, 0) is 44.4 Å². The highest BCUT2D eigenvalue weighted by Crippen LogP contribution is 2.36. The zero-order valence-electron chi connectivity index (χ0n) is 22.2. The van der Waals surface area contributed by atoms with E-state index in [4.69, 9.17) is 9.72 Å². The number of imidazole rings is 1. The molecule has 38 heavy (non-hydrogen) atoms. The van der Waals surface area contributed by atoms with E-state index in [1.165, 1.54) is 7.11 Å². The van der Waals surface area contributed by atoms with Crippen molar-refractivity contribution in [3.63, 3.8) is 0 Å². The van der Waals surface area contributed by atoms with Crippen LogP contribution in [0, 0.1) is 0 Å². The first-order chi connectivity index (χ1) is 18.5. The summed E-state index contributed by atoms with van der Waals surface area (Å²) in [6.07, 6.45) is 5.32. The van der Waals surface area contributed by atoms with Gasteiger partial charge in [-0.3, -0.25) is 14.5 Å². The maximum Gasteiger partial charge on any atom is 0.414 e. The number of rotatable bonds is 9. The summed E-state index contributed by atoms with van der Waals surface area (Å²) in [6, 6.07) is 9.26. The molecule has 1 fully saturated rings. The number of carbonyl (C=O) groups is 2. The van der Waals surface area contributed by atoms with Crippen LogP contribution in [-0.2, 0) is 35.5 Å². The first kappa shape index (κ1) is 26.0. The van der Waals surface area contributed by atoms with Crippen LogP contribution < -0.4 is 15.8 Å². The molecule has 1 N–H and O–H groups in total. The molecule has 2 aromatic heterocycles. The number of likely N-dealkylation sites (tertiary alicyclic amines) is 1. The highest BCUT2D eigenvalue weighted by atomic mass is 16.5. The van der Waals surface area contributed by atoms with Crippen LogP contribution >= 0.6 is 0 Å². The second-order valence-electron chi connectivity index (χ2n) is 10.1. The number of anilines is 1. The van der Waals surface area contributed by atoms with Gasteiger partial charge in [-0.15, -0.1) is 0 Å². The molecule has 0 unspecified atom stereocenters. The Hall–Kier alpha value is -3.66. The van der Waals surface area contributed by atoms with Crippen LogP contribution in [-0.4, -0.2) is 70.3 Å². The van der Waals surface area contributed by atoms with Crippen molar-refractivity contribution >= 4 is 28.7 Å². The maximum atomic E-state index is 12.6. The fraction of sp³-hybridized carbons (Fsp3) is 0.500. The van der Waals surface area contributed by atoms with Gasteiger partial charge in [0.15, 0.2) is 0 Å². The number of hydrogen-bond acceptors (Lipinski definition) is 6. The minimum absolute atomic E-state index is 0.0339. The number of carbonyl (C=O) groups excluding carboxylic acids is 2. The summed E-state index contributed by atoms with van der Waals surface area (Å²) in [6.45, 7) is 6.32. The predicted molar refractivity (Wildman–Crippen MR) is 145 cm³/mol. The number of amides is 2. The Morgan fingerprint density at radius 3 is 2.71 bits per heavy atom. The molecule has 0 saturated carbocycles. The fourth-order valence-electron chi connectivity index (χ4n) is 5.63. The summed E-state index contributed by atoms with van der Waals surface area (Å²) in [5, 5.41) is 3.48. The molecular formula is C28H36N6O4. The molecule has 1 aromatic carbocycles. The molecule has 0 aliphatic carbocycles. The van der Waals surface area contributed by atoms with Gasteiger partial charge in [0.25, 0.3) is 5.56 Å². The van der Waals surface area contributed by atoms with Crippen molar-refractivity contribution in [1.29, 1.82) is 0 Å². The second-order valence-corrected chi connectivity index (χ2v) is 10.1. The van der Waals surface area contributed by atoms with Crippen molar-refractivity contribution < 1.29 is 14.3 Å². The standard InChI is InChI=1S/C28H36N6O4/c1-20-8-9-21-22(34(20)28(37)38-2)10-11-23-27(21)30-24(12-17-31-15-4-3-6-25(31)35)33(23)19-14-29-13-18-32-16-5-7-26(32)36/h3-4,6,10-11,15,20,29H,5,7-9,12-14,16-19H2,1-2H3/t20-/m0/s1. The lowest BCUT2D eigenvalue weighted by atomic mass is 9.96. The number of nitrogens with zero attached hydrogens (tertiary/aromatic N) is 5. The van der Waals surface area contributed by atoms with Gasteiger partial charge in [-0.25, -0.2) is 9.78 Å².